The highest BCUT2D eigenvalue weighted by Gasteiger charge is 2.61. The SMILES string of the molecule is CC1(C)C[C@H](N[C@@H](c2ccsc2)C(F)(F)c2ccccn2)C(=O)N1C1(C#N)CC1. The zero-order valence-corrected chi connectivity index (χ0v) is 17.0. The van der Waals surface area contributed by atoms with Gasteiger partial charge in [0.1, 0.15) is 17.3 Å². The van der Waals surface area contributed by atoms with Crippen LogP contribution in [-0.2, 0) is 10.7 Å². The van der Waals surface area contributed by atoms with Gasteiger partial charge >= 0.3 is 5.92 Å². The van der Waals surface area contributed by atoms with Gasteiger partial charge in [-0.2, -0.15) is 25.4 Å². The van der Waals surface area contributed by atoms with E-state index < -0.39 is 29.1 Å². The molecule has 29 heavy (non-hydrogen) atoms. The fourth-order valence-electron chi connectivity index (χ4n) is 4.32. The first-order valence-corrected chi connectivity index (χ1v) is 10.5. The molecule has 2 aliphatic rings. The number of nitriles is 1. The summed E-state index contributed by atoms with van der Waals surface area (Å²) in [7, 11) is 0. The Morgan fingerprint density at radius 3 is 2.69 bits per heavy atom. The summed E-state index contributed by atoms with van der Waals surface area (Å²) in [6.45, 7) is 3.78. The van der Waals surface area contributed by atoms with Crippen molar-refractivity contribution in [3.8, 4) is 6.07 Å². The van der Waals surface area contributed by atoms with Crippen LogP contribution in [0, 0.1) is 11.3 Å². The summed E-state index contributed by atoms with van der Waals surface area (Å²) in [5, 5.41) is 15.9. The fraction of sp³-hybridized carbons (Fsp3) is 0.476. The number of amides is 1. The van der Waals surface area contributed by atoms with Crippen LogP contribution in [0.15, 0.2) is 41.2 Å². The van der Waals surface area contributed by atoms with Gasteiger partial charge in [0.05, 0.1) is 12.1 Å². The van der Waals surface area contributed by atoms with Crippen molar-refractivity contribution in [2.75, 3.05) is 0 Å². The number of halogens is 2. The molecule has 8 heteroatoms. The van der Waals surface area contributed by atoms with E-state index >= 15 is 8.78 Å². The zero-order chi connectivity index (χ0) is 20.9. The highest BCUT2D eigenvalue weighted by Crippen LogP contribution is 2.50. The van der Waals surface area contributed by atoms with Gasteiger partial charge in [0.25, 0.3) is 0 Å². The minimum Gasteiger partial charge on any atom is -0.317 e. The molecule has 152 valence electrons. The van der Waals surface area contributed by atoms with Gasteiger partial charge in [-0.3, -0.25) is 15.1 Å². The Kier molecular flexibility index (Phi) is 4.71. The third-order valence-electron chi connectivity index (χ3n) is 5.80. The number of hydrogen-bond acceptors (Lipinski definition) is 5. The number of thiophene rings is 1. The summed E-state index contributed by atoms with van der Waals surface area (Å²) in [5.74, 6) is -3.60. The van der Waals surface area contributed by atoms with E-state index in [1.165, 1.54) is 29.7 Å². The maximum absolute atomic E-state index is 15.5. The van der Waals surface area contributed by atoms with Gasteiger partial charge < -0.3 is 4.90 Å². The van der Waals surface area contributed by atoms with Crippen LogP contribution in [-0.4, -0.2) is 32.9 Å². The molecule has 0 spiro atoms. The molecule has 2 aromatic heterocycles. The summed E-state index contributed by atoms with van der Waals surface area (Å²) < 4.78 is 30.9. The Balaban J connectivity index is 1.66. The van der Waals surface area contributed by atoms with E-state index in [0.717, 1.165) is 0 Å². The third-order valence-corrected chi connectivity index (χ3v) is 6.50. The number of carbonyl (C=O) groups is 1. The number of likely N-dealkylation sites (tertiary alicyclic amines) is 1. The van der Waals surface area contributed by atoms with Crippen LogP contribution in [0.25, 0.3) is 0 Å². The quantitative estimate of drug-likeness (QED) is 0.773. The Hall–Kier alpha value is -2.37. The second-order valence-corrected chi connectivity index (χ2v) is 9.16. The van der Waals surface area contributed by atoms with Crippen molar-refractivity contribution >= 4 is 17.2 Å². The number of carbonyl (C=O) groups excluding carboxylic acids is 1. The molecule has 1 N–H and O–H groups in total. The predicted octanol–water partition coefficient (Wildman–Crippen LogP) is 4.00. The number of hydrogen-bond donors (Lipinski definition) is 1. The molecule has 0 radical (unpaired) electrons. The standard InChI is InChI=1S/C21H22F2N4OS/c1-19(2)11-15(18(28)27(19)20(13-24)7-8-20)26-17(14-6-10-29-12-14)21(22,23)16-5-3-4-9-25-16/h3-6,9-10,12,15,17,26H,7-8,11H2,1-2H3/t15-,17-/m0/s1. The van der Waals surface area contributed by atoms with Crippen molar-refractivity contribution < 1.29 is 13.6 Å². The minimum absolute atomic E-state index is 0.286. The largest absolute Gasteiger partial charge is 0.317 e. The van der Waals surface area contributed by atoms with Gasteiger partial charge in [-0.15, -0.1) is 0 Å². The Labute approximate surface area is 172 Å². The van der Waals surface area contributed by atoms with Crippen LogP contribution >= 0.6 is 11.3 Å². The van der Waals surface area contributed by atoms with E-state index in [1.54, 1.807) is 27.8 Å². The second kappa shape index (κ2) is 6.85. The van der Waals surface area contributed by atoms with Gasteiger partial charge in [-0.05, 0) is 67.6 Å². The van der Waals surface area contributed by atoms with Crippen molar-refractivity contribution in [2.24, 2.45) is 0 Å². The highest BCUT2D eigenvalue weighted by atomic mass is 32.1. The van der Waals surface area contributed by atoms with E-state index in [-0.39, 0.29) is 11.6 Å². The van der Waals surface area contributed by atoms with Crippen LogP contribution in [0.5, 0.6) is 0 Å². The molecule has 2 fully saturated rings. The van der Waals surface area contributed by atoms with Crippen molar-refractivity contribution in [1.29, 1.82) is 5.26 Å². The number of aromatic nitrogens is 1. The van der Waals surface area contributed by atoms with Gasteiger partial charge in [-0.1, -0.05) is 6.07 Å². The van der Waals surface area contributed by atoms with Crippen LogP contribution in [0.4, 0.5) is 8.78 Å². The smallest absolute Gasteiger partial charge is 0.308 e. The molecule has 3 heterocycles. The van der Waals surface area contributed by atoms with E-state index in [4.69, 9.17) is 0 Å². The first-order valence-electron chi connectivity index (χ1n) is 9.54. The van der Waals surface area contributed by atoms with E-state index in [0.29, 0.717) is 24.8 Å². The highest BCUT2D eigenvalue weighted by molar-refractivity contribution is 7.08. The molecule has 4 rings (SSSR count). The lowest BCUT2D eigenvalue weighted by molar-refractivity contribution is -0.135. The van der Waals surface area contributed by atoms with E-state index in [2.05, 4.69) is 16.4 Å². The number of alkyl halides is 2. The first kappa shape index (κ1) is 19.9. The summed E-state index contributed by atoms with van der Waals surface area (Å²) in [4.78, 5) is 18.7. The van der Waals surface area contributed by atoms with E-state index in [1.807, 2.05) is 13.8 Å². The average molecular weight is 416 g/mol. The minimum atomic E-state index is -3.31. The van der Waals surface area contributed by atoms with Crippen molar-refractivity contribution in [1.82, 2.24) is 15.2 Å². The molecule has 2 atom stereocenters. The normalized spacial score (nSPS) is 23.6. The summed E-state index contributed by atoms with van der Waals surface area (Å²) in [5.41, 5.74) is -1.31. The molecule has 0 aromatic carbocycles. The molecule has 2 aromatic rings. The van der Waals surface area contributed by atoms with Crippen LogP contribution in [0.2, 0.25) is 0 Å². The number of nitrogens with zero attached hydrogens (tertiary/aromatic N) is 3. The zero-order valence-electron chi connectivity index (χ0n) is 16.2. The lowest BCUT2D eigenvalue weighted by atomic mass is 9.95. The third kappa shape index (κ3) is 3.32. The molecule has 1 saturated carbocycles. The topological polar surface area (TPSA) is 69.0 Å². The second-order valence-electron chi connectivity index (χ2n) is 8.38. The maximum Gasteiger partial charge on any atom is 0.308 e. The average Bonchev–Trinajstić information content (AvgIpc) is 3.18. The number of pyridine rings is 1. The van der Waals surface area contributed by atoms with E-state index in [9.17, 15) is 10.1 Å². The monoisotopic (exact) mass is 416 g/mol. The van der Waals surface area contributed by atoms with Crippen molar-refractivity contribution in [2.45, 2.75) is 62.2 Å². The molecule has 5 nitrogen and oxygen atoms in total. The van der Waals surface area contributed by atoms with Gasteiger partial charge in [0.2, 0.25) is 5.91 Å². The van der Waals surface area contributed by atoms with Gasteiger partial charge in [-0.25, -0.2) is 0 Å². The summed E-state index contributed by atoms with van der Waals surface area (Å²) in [6, 6.07) is 6.11. The molecule has 1 aliphatic carbocycles. The molecular weight excluding hydrogens is 394 g/mol. The van der Waals surface area contributed by atoms with Crippen LogP contribution in [0.3, 0.4) is 0 Å². The Morgan fingerprint density at radius 1 is 1.38 bits per heavy atom. The lowest BCUT2D eigenvalue weighted by Crippen LogP contribution is -2.50. The molecular formula is C21H22F2N4OS. The van der Waals surface area contributed by atoms with Gasteiger partial charge in [0.15, 0.2) is 0 Å². The number of nitrogens with one attached hydrogen (secondary N) is 1. The lowest BCUT2D eigenvalue weighted by Gasteiger charge is -2.35. The molecule has 1 amide bonds. The molecule has 1 aliphatic heterocycles. The van der Waals surface area contributed by atoms with Crippen LogP contribution in [0.1, 0.15) is 50.4 Å². The maximum atomic E-state index is 15.5. The summed E-state index contributed by atoms with van der Waals surface area (Å²) in [6.07, 6.45) is 2.95. The molecule has 0 unspecified atom stereocenters. The van der Waals surface area contributed by atoms with Crippen molar-refractivity contribution in [3.63, 3.8) is 0 Å². The van der Waals surface area contributed by atoms with Gasteiger partial charge in [0, 0.05) is 11.7 Å². The first-order chi connectivity index (χ1) is 13.7. The molecule has 0 bridgehead atoms. The Bertz CT molecular complexity index is 935. The Morgan fingerprint density at radius 2 is 2.14 bits per heavy atom. The fourth-order valence-corrected chi connectivity index (χ4v) is 5.00. The number of rotatable bonds is 6. The summed E-state index contributed by atoms with van der Waals surface area (Å²) >= 11 is 1.32. The molecule has 1 saturated heterocycles. The van der Waals surface area contributed by atoms with Crippen LogP contribution < -0.4 is 5.32 Å². The predicted molar refractivity (Wildman–Crippen MR) is 105 cm³/mol. The van der Waals surface area contributed by atoms with Crippen molar-refractivity contribution in [3.05, 3.63) is 52.5 Å².